The van der Waals surface area contributed by atoms with Crippen molar-refractivity contribution >= 4 is 11.6 Å². The molecule has 3 rings (SSSR count). The van der Waals surface area contributed by atoms with Crippen molar-refractivity contribution in [2.75, 3.05) is 5.32 Å². The summed E-state index contributed by atoms with van der Waals surface area (Å²) in [5.74, 6) is 0.458. The first-order chi connectivity index (χ1) is 6.71. The van der Waals surface area contributed by atoms with Gasteiger partial charge < -0.3 is 15.2 Å². The van der Waals surface area contributed by atoms with Gasteiger partial charge in [-0.05, 0) is 12.1 Å². The van der Waals surface area contributed by atoms with Crippen LogP contribution in [0.25, 0.3) is 0 Å². The molecule has 0 radical (unpaired) electrons. The molecule has 1 aliphatic heterocycles. The Hall–Kier alpha value is -1.71. The third-order valence-electron chi connectivity index (χ3n) is 2.67. The van der Waals surface area contributed by atoms with Crippen molar-refractivity contribution in [1.29, 1.82) is 0 Å². The van der Waals surface area contributed by atoms with Crippen molar-refractivity contribution in [1.82, 2.24) is 0 Å². The SMILES string of the molecule is O=C1Nc2c(O)cccc2OC12CC2. The minimum absolute atomic E-state index is 0.0475. The molecular weight excluding hydrogens is 182 g/mol. The molecule has 4 heteroatoms. The number of hydrogen-bond acceptors (Lipinski definition) is 3. The van der Waals surface area contributed by atoms with E-state index in [0.717, 1.165) is 12.8 Å². The molecule has 0 aromatic heterocycles. The van der Waals surface area contributed by atoms with Crippen LogP contribution in [0, 0.1) is 0 Å². The molecule has 14 heavy (non-hydrogen) atoms. The molecule has 1 heterocycles. The molecule has 1 fully saturated rings. The summed E-state index contributed by atoms with van der Waals surface area (Å²) in [5, 5.41) is 12.1. The summed E-state index contributed by atoms with van der Waals surface area (Å²) in [5.41, 5.74) is -0.254. The fraction of sp³-hybridized carbons (Fsp3) is 0.300. The lowest BCUT2D eigenvalue weighted by Gasteiger charge is -2.25. The third kappa shape index (κ3) is 0.852. The lowest BCUT2D eigenvalue weighted by atomic mass is 10.2. The Bertz CT molecular complexity index is 423. The number of carbonyl (C=O) groups excluding carboxylic acids is 1. The normalized spacial score (nSPS) is 21.0. The van der Waals surface area contributed by atoms with E-state index in [2.05, 4.69) is 5.32 Å². The average molecular weight is 191 g/mol. The van der Waals surface area contributed by atoms with Gasteiger partial charge in [0.1, 0.15) is 17.2 Å². The van der Waals surface area contributed by atoms with Gasteiger partial charge in [-0.2, -0.15) is 0 Å². The van der Waals surface area contributed by atoms with Gasteiger partial charge in [0.05, 0.1) is 0 Å². The van der Waals surface area contributed by atoms with Crippen LogP contribution in [0.4, 0.5) is 5.69 Å². The van der Waals surface area contributed by atoms with Gasteiger partial charge in [0.15, 0.2) is 5.60 Å². The lowest BCUT2D eigenvalue weighted by molar-refractivity contribution is -0.125. The van der Waals surface area contributed by atoms with E-state index >= 15 is 0 Å². The van der Waals surface area contributed by atoms with E-state index in [1.165, 1.54) is 6.07 Å². The maximum Gasteiger partial charge on any atom is 0.268 e. The number of amides is 1. The predicted octanol–water partition coefficient (Wildman–Crippen LogP) is 1.26. The number of ether oxygens (including phenoxy) is 1. The van der Waals surface area contributed by atoms with Gasteiger partial charge in [0.25, 0.3) is 5.91 Å². The second kappa shape index (κ2) is 2.20. The largest absolute Gasteiger partial charge is 0.506 e. The van der Waals surface area contributed by atoms with E-state index in [-0.39, 0.29) is 11.7 Å². The zero-order valence-electron chi connectivity index (χ0n) is 7.41. The third-order valence-corrected chi connectivity index (χ3v) is 2.67. The average Bonchev–Trinajstić information content (AvgIpc) is 2.91. The summed E-state index contributed by atoms with van der Waals surface area (Å²) in [4.78, 5) is 11.5. The van der Waals surface area contributed by atoms with Crippen LogP contribution < -0.4 is 10.1 Å². The molecule has 1 aromatic carbocycles. The van der Waals surface area contributed by atoms with Crippen molar-refractivity contribution in [2.45, 2.75) is 18.4 Å². The number of phenols is 1. The number of anilines is 1. The summed E-state index contributed by atoms with van der Waals surface area (Å²) >= 11 is 0. The molecule has 1 spiro atoms. The summed E-state index contributed by atoms with van der Waals surface area (Å²) < 4.78 is 5.55. The van der Waals surface area contributed by atoms with Gasteiger partial charge >= 0.3 is 0 Å². The minimum Gasteiger partial charge on any atom is -0.506 e. The molecule has 1 amide bonds. The van der Waals surface area contributed by atoms with Crippen LogP contribution in [0.3, 0.4) is 0 Å². The van der Waals surface area contributed by atoms with Crippen LogP contribution >= 0.6 is 0 Å². The first-order valence-electron chi connectivity index (χ1n) is 4.54. The van der Waals surface area contributed by atoms with Crippen LogP contribution in [0.5, 0.6) is 11.5 Å². The Labute approximate surface area is 80.5 Å². The molecule has 72 valence electrons. The maximum absolute atomic E-state index is 11.5. The van der Waals surface area contributed by atoms with Crippen molar-refractivity contribution in [2.24, 2.45) is 0 Å². The van der Waals surface area contributed by atoms with Crippen LogP contribution in [-0.4, -0.2) is 16.6 Å². The number of rotatable bonds is 0. The van der Waals surface area contributed by atoms with Crippen LogP contribution in [0.2, 0.25) is 0 Å². The van der Waals surface area contributed by atoms with E-state index < -0.39 is 5.60 Å². The summed E-state index contributed by atoms with van der Waals surface area (Å²) in [7, 11) is 0. The fourth-order valence-electron chi connectivity index (χ4n) is 1.66. The highest BCUT2D eigenvalue weighted by Crippen LogP contribution is 2.48. The van der Waals surface area contributed by atoms with Crippen LogP contribution in [0.15, 0.2) is 18.2 Å². The number of benzene rings is 1. The minimum atomic E-state index is -0.638. The number of hydrogen-bond donors (Lipinski definition) is 2. The second-order valence-corrected chi connectivity index (χ2v) is 3.70. The predicted molar refractivity (Wildman–Crippen MR) is 49.3 cm³/mol. The number of nitrogens with one attached hydrogen (secondary N) is 1. The van der Waals surface area contributed by atoms with Gasteiger partial charge in [-0.1, -0.05) is 6.07 Å². The van der Waals surface area contributed by atoms with E-state index in [1.54, 1.807) is 12.1 Å². The molecule has 2 N–H and O–H groups in total. The highest BCUT2D eigenvalue weighted by molar-refractivity contribution is 6.03. The Morgan fingerprint density at radius 2 is 2.21 bits per heavy atom. The molecular formula is C10H9NO3. The van der Waals surface area contributed by atoms with Crippen molar-refractivity contribution < 1.29 is 14.6 Å². The zero-order valence-corrected chi connectivity index (χ0v) is 7.41. The Morgan fingerprint density at radius 3 is 2.93 bits per heavy atom. The first-order valence-corrected chi connectivity index (χ1v) is 4.54. The van der Waals surface area contributed by atoms with E-state index in [4.69, 9.17) is 4.74 Å². The molecule has 0 unspecified atom stereocenters. The smallest absolute Gasteiger partial charge is 0.268 e. The number of carbonyl (C=O) groups is 1. The molecule has 1 aromatic rings. The van der Waals surface area contributed by atoms with Gasteiger partial charge in [0.2, 0.25) is 0 Å². The van der Waals surface area contributed by atoms with Crippen molar-refractivity contribution in [3.8, 4) is 11.5 Å². The summed E-state index contributed by atoms with van der Waals surface area (Å²) in [6.07, 6.45) is 1.52. The second-order valence-electron chi connectivity index (χ2n) is 3.70. The highest BCUT2D eigenvalue weighted by Gasteiger charge is 2.55. The van der Waals surface area contributed by atoms with Crippen LogP contribution in [-0.2, 0) is 4.79 Å². The molecule has 1 saturated carbocycles. The molecule has 1 aliphatic carbocycles. The van der Waals surface area contributed by atoms with Crippen molar-refractivity contribution in [3.63, 3.8) is 0 Å². The van der Waals surface area contributed by atoms with Gasteiger partial charge in [-0.15, -0.1) is 0 Å². The molecule has 4 nitrogen and oxygen atoms in total. The van der Waals surface area contributed by atoms with E-state index in [9.17, 15) is 9.90 Å². The molecule has 0 bridgehead atoms. The van der Waals surface area contributed by atoms with Crippen molar-refractivity contribution in [3.05, 3.63) is 18.2 Å². The zero-order chi connectivity index (χ0) is 9.76. The number of fused-ring (bicyclic) bond motifs is 1. The topological polar surface area (TPSA) is 58.6 Å². The number of aromatic hydroxyl groups is 1. The molecule has 2 aliphatic rings. The van der Waals surface area contributed by atoms with E-state index in [1.807, 2.05) is 0 Å². The highest BCUT2D eigenvalue weighted by atomic mass is 16.5. The lowest BCUT2D eigenvalue weighted by Crippen LogP contribution is -2.38. The Morgan fingerprint density at radius 1 is 1.43 bits per heavy atom. The Balaban J connectivity index is 2.11. The van der Waals surface area contributed by atoms with Crippen LogP contribution in [0.1, 0.15) is 12.8 Å². The summed E-state index contributed by atoms with van der Waals surface area (Å²) in [6, 6.07) is 4.96. The van der Waals surface area contributed by atoms with E-state index in [0.29, 0.717) is 11.4 Å². The summed E-state index contributed by atoms with van der Waals surface area (Å²) in [6.45, 7) is 0. The molecule has 0 atom stereocenters. The Kier molecular flexibility index (Phi) is 1.21. The first kappa shape index (κ1) is 7.67. The number of phenolic OH excluding ortho intramolecular Hbond substituents is 1. The van der Waals surface area contributed by atoms with Gasteiger partial charge in [-0.3, -0.25) is 4.79 Å². The maximum atomic E-state index is 11.5. The fourth-order valence-corrected chi connectivity index (χ4v) is 1.66. The van der Waals surface area contributed by atoms with Gasteiger partial charge in [-0.25, -0.2) is 0 Å². The standard InChI is InChI=1S/C10H9NO3/c12-6-2-1-3-7-8(6)11-9(13)10(14-7)4-5-10/h1-3,12H,4-5H2,(H,11,13). The monoisotopic (exact) mass is 191 g/mol. The molecule has 0 saturated heterocycles. The quantitative estimate of drug-likeness (QED) is 0.607. The number of para-hydroxylation sites is 1. The van der Waals surface area contributed by atoms with Gasteiger partial charge in [0, 0.05) is 12.8 Å².